The summed E-state index contributed by atoms with van der Waals surface area (Å²) in [6, 6.07) is 14.1. The van der Waals surface area contributed by atoms with Gasteiger partial charge >= 0.3 is 0 Å². The van der Waals surface area contributed by atoms with Crippen LogP contribution in [0.3, 0.4) is 0 Å². The quantitative estimate of drug-likeness (QED) is 0.607. The summed E-state index contributed by atoms with van der Waals surface area (Å²) in [4.78, 5) is 24.4. The van der Waals surface area contributed by atoms with E-state index in [9.17, 15) is 4.79 Å². The molecule has 2 aromatic heterocycles. The van der Waals surface area contributed by atoms with Crippen LogP contribution in [0.25, 0.3) is 6.08 Å². The third-order valence-electron chi connectivity index (χ3n) is 5.14. The average molecular weight is 405 g/mol. The maximum Gasteiger partial charge on any atom is 0.246 e. The molecule has 1 amide bonds. The van der Waals surface area contributed by atoms with Gasteiger partial charge in [0.2, 0.25) is 5.91 Å². The Kier molecular flexibility index (Phi) is 6.00. The number of piperidine rings is 1. The standard InChI is InChI=1S/C23H24N4OS/c1-17-16-25-23(29-17)26-21-15-20(9-12-24-21)19-10-13-27(14-11-19)22(28)8-7-18-5-3-2-4-6-18/h2-9,12,15-16,19H,10-11,13-14H2,1H3,(H,24,25,26). The number of thiazole rings is 1. The summed E-state index contributed by atoms with van der Waals surface area (Å²) < 4.78 is 0. The van der Waals surface area contributed by atoms with E-state index in [1.807, 2.05) is 60.6 Å². The minimum Gasteiger partial charge on any atom is -0.339 e. The Hall–Kier alpha value is -2.99. The number of anilines is 2. The van der Waals surface area contributed by atoms with E-state index in [1.54, 1.807) is 17.4 Å². The fourth-order valence-electron chi connectivity index (χ4n) is 3.56. The first-order valence-corrected chi connectivity index (χ1v) is 10.7. The second-order valence-corrected chi connectivity index (χ2v) is 8.45. The molecule has 0 bridgehead atoms. The molecule has 148 valence electrons. The van der Waals surface area contributed by atoms with Crippen LogP contribution in [0.15, 0.2) is 60.9 Å². The molecule has 4 rings (SSSR count). The van der Waals surface area contributed by atoms with Gasteiger partial charge in [0.25, 0.3) is 0 Å². The molecule has 0 atom stereocenters. The van der Waals surface area contributed by atoms with Crippen LogP contribution in [0, 0.1) is 6.92 Å². The van der Waals surface area contributed by atoms with Crippen molar-refractivity contribution in [2.24, 2.45) is 0 Å². The number of hydrogen-bond donors (Lipinski definition) is 1. The van der Waals surface area contributed by atoms with E-state index in [4.69, 9.17) is 0 Å². The first-order chi connectivity index (χ1) is 14.2. The molecule has 0 radical (unpaired) electrons. The summed E-state index contributed by atoms with van der Waals surface area (Å²) in [5.74, 6) is 1.35. The summed E-state index contributed by atoms with van der Waals surface area (Å²) in [5, 5.41) is 4.15. The van der Waals surface area contributed by atoms with Crippen LogP contribution >= 0.6 is 11.3 Å². The molecular weight excluding hydrogens is 380 g/mol. The summed E-state index contributed by atoms with van der Waals surface area (Å²) in [6.07, 6.45) is 9.19. The molecule has 3 heterocycles. The third-order valence-corrected chi connectivity index (χ3v) is 5.96. The zero-order valence-corrected chi connectivity index (χ0v) is 17.2. The van der Waals surface area contributed by atoms with Gasteiger partial charge < -0.3 is 10.2 Å². The molecule has 1 N–H and O–H groups in total. The topological polar surface area (TPSA) is 58.1 Å². The van der Waals surface area contributed by atoms with Gasteiger partial charge in [0.05, 0.1) is 0 Å². The van der Waals surface area contributed by atoms with E-state index >= 15 is 0 Å². The molecule has 1 fully saturated rings. The van der Waals surface area contributed by atoms with Gasteiger partial charge in [-0.15, -0.1) is 11.3 Å². The Labute approximate surface area is 175 Å². The van der Waals surface area contributed by atoms with Crippen molar-refractivity contribution < 1.29 is 4.79 Å². The maximum atomic E-state index is 12.5. The fourth-order valence-corrected chi connectivity index (χ4v) is 4.23. The van der Waals surface area contributed by atoms with Crippen molar-refractivity contribution in [1.82, 2.24) is 14.9 Å². The van der Waals surface area contributed by atoms with Crippen molar-refractivity contribution in [3.05, 3.63) is 76.9 Å². The van der Waals surface area contributed by atoms with Crippen molar-refractivity contribution in [1.29, 1.82) is 0 Å². The number of nitrogens with zero attached hydrogens (tertiary/aromatic N) is 3. The minimum absolute atomic E-state index is 0.0866. The predicted octanol–water partition coefficient (Wildman–Crippen LogP) is 5.01. The second kappa shape index (κ2) is 9.01. The molecule has 1 aliphatic heterocycles. The van der Waals surface area contributed by atoms with Gasteiger partial charge in [-0.25, -0.2) is 9.97 Å². The Balaban J connectivity index is 1.34. The van der Waals surface area contributed by atoms with Crippen LogP contribution < -0.4 is 5.32 Å². The fraction of sp³-hybridized carbons (Fsp3) is 0.261. The zero-order valence-electron chi connectivity index (χ0n) is 16.4. The predicted molar refractivity (Wildman–Crippen MR) is 118 cm³/mol. The lowest BCUT2D eigenvalue weighted by Gasteiger charge is -2.31. The summed E-state index contributed by atoms with van der Waals surface area (Å²) >= 11 is 1.62. The van der Waals surface area contributed by atoms with Gasteiger partial charge in [0.15, 0.2) is 5.13 Å². The van der Waals surface area contributed by atoms with Gasteiger partial charge in [-0.3, -0.25) is 4.79 Å². The Bertz CT molecular complexity index is 991. The molecule has 29 heavy (non-hydrogen) atoms. The number of hydrogen-bond acceptors (Lipinski definition) is 5. The van der Waals surface area contributed by atoms with E-state index in [0.717, 1.165) is 42.4 Å². The smallest absolute Gasteiger partial charge is 0.246 e. The highest BCUT2D eigenvalue weighted by molar-refractivity contribution is 7.15. The lowest BCUT2D eigenvalue weighted by Crippen LogP contribution is -2.36. The van der Waals surface area contributed by atoms with Gasteiger partial charge in [0.1, 0.15) is 5.82 Å². The molecule has 5 nitrogen and oxygen atoms in total. The van der Waals surface area contributed by atoms with Gasteiger partial charge in [-0.2, -0.15) is 0 Å². The van der Waals surface area contributed by atoms with Crippen molar-refractivity contribution >= 4 is 34.3 Å². The lowest BCUT2D eigenvalue weighted by molar-refractivity contribution is -0.126. The van der Waals surface area contributed by atoms with Crippen LogP contribution in [0.1, 0.15) is 34.8 Å². The minimum atomic E-state index is 0.0866. The number of aromatic nitrogens is 2. The summed E-state index contributed by atoms with van der Waals surface area (Å²) in [6.45, 7) is 3.59. The van der Waals surface area contributed by atoms with Gasteiger partial charge in [-0.1, -0.05) is 30.3 Å². The van der Waals surface area contributed by atoms with Crippen molar-refractivity contribution in [3.63, 3.8) is 0 Å². The number of nitrogens with one attached hydrogen (secondary N) is 1. The maximum absolute atomic E-state index is 12.5. The van der Waals surface area contributed by atoms with Crippen LogP contribution in [0.4, 0.5) is 10.9 Å². The van der Waals surface area contributed by atoms with E-state index < -0.39 is 0 Å². The Morgan fingerprint density at radius 3 is 2.69 bits per heavy atom. The van der Waals surface area contributed by atoms with Gasteiger partial charge in [-0.05, 0) is 55.0 Å². The van der Waals surface area contributed by atoms with E-state index in [0.29, 0.717) is 5.92 Å². The Morgan fingerprint density at radius 2 is 1.97 bits per heavy atom. The van der Waals surface area contributed by atoms with Crippen molar-refractivity contribution in [3.8, 4) is 0 Å². The highest BCUT2D eigenvalue weighted by Gasteiger charge is 2.23. The average Bonchev–Trinajstić information content (AvgIpc) is 3.17. The first-order valence-electron chi connectivity index (χ1n) is 9.85. The Morgan fingerprint density at radius 1 is 1.17 bits per heavy atom. The molecule has 3 aromatic rings. The SMILES string of the molecule is Cc1cnc(Nc2cc(C3CCN(C(=O)C=Cc4ccccc4)CC3)ccn2)s1. The normalized spacial score (nSPS) is 15.0. The van der Waals surface area contributed by atoms with Crippen molar-refractivity contribution in [2.75, 3.05) is 18.4 Å². The molecule has 0 spiro atoms. The zero-order chi connectivity index (χ0) is 20.1. The van der Waals surface area contributed by atoms with Crippen LogP contribution in [-0.2, 0) is 4.79 Å². The highest BCUT2D eigenvalue weighted by Crippen LogP contribution is 2.30. The summed E-state index contributed by atoms with van der Waals surface area (Å²) in [7, 11) is 0. The molecular formula is C23H24N4OS. The monoisotopic (exact) mass is 404 g/mol. The number of rotatable bonds is 5. The number of aryl methyl sites for hydroxylation is 1. The third kappa shape index (κ3) is 5.09. The molecule has 1 aromatic carbocycles. The molecule has 0 unspecified atom stereocenters. The van der Waals surface area contributed by atoms with E-state index in [1.165, 1.54) is 10.4 Å². The van der Waals surface area contributed by atoms with E-state index in [-0.39, 0.29) is 5.91 Å². The largest absolute Gasteiger partial charge is 0.339 e. The molecule has 6 heteroatoms. The van der Waals surface area contributed by atoms with Crippen molar-refractivity contribution in [2.45, 2.75) is 25.7 Å². The summed E-state index contributed by atoms with van der Waals surface area (Å²) in [5.41, 5.74) is 2.31. The highest BCUT2D eigenvalue weighted by atomic mass is 32.1. The number of benzene rings is 1. The molecule has 0 aliphatic carbocycles. The first kappa shape index (κ1) is 19.3. The molecule has 0 saturated carbocycles. The van der Waals surface area contributed by atoms with Crippen LogP contribution in [0.2, 0.25) is 0 Å². The molecule has 1 aliphatic rings. The lowest BCUT2D eigenvalue weighted by atomic mass is 9.90. The number of likely N-dealkylation sites (tertiary alicyclic amines) is 1. The van der Waals surface area contributed by atoms with Crippen LogP contribution in [-0.4, -0.2) is 33.9 Å². The number of pyridine rings is 1. The second-order valence-electron chi connectivity index (χ2n) is 7.22. The number of carbonyl (C=O) groups is 1. The van der Waals surface area contributed by atoms with Crippen LogP contribution in [0.5, 0.6) is 0 Å². The number of amides is 1. The van der Waals surface area contributed by atoms with Gasteiger partial charge in [0, 0.05) is 36.4 Å². The number of carbonyl (C=O) groups excluding carboxylic acids is 1. The van der Waals surface area contributed by atoms with E-state index in [2.05, 4.69) is 27.4 Å². The molecule has 1 saturated heterocycles.